The van der Waals surface area contributed by atoms with Crippen molar-refractivity contribution in [2.24, 2.45) is 5.92 Å². The van der Waals surface area contributed by atoms with Crippen LogP contribution in [0.5, 0.6) is 5.75 Å². The van der Waals surface area contributed by atoms with Crippen LogP contribution in [0.2, 0.25) is 0 Å². The first-order valence-corrected chi connectivity index (χ1v) is 13.7. The van der Waals surface area contributed by atoms with Gasteiger partial charge in [0.1, 0.15) is 11.4 Å². The van der Waals surface area contributed by atoms with Crippen molar-refractivity contribution in [3.8, 4) is 5.75 Å². The van der Waals surface area contributed by atoms with E-state index in [9.17, 15) is 13.2 Å². The molecule has 3 aromatic rings. The Kier molecular flexibility index (Phi) is 6.67. The van der Waals surface area contributed by atoms with Crippen LogP contribution in [0.25, 0.3) is 0 Å². The third-order valence-corrected chi connectivity index (χ3v) is 8.63. The maximum absolute atomic E-state index is 13.3. The third kappa shape index (κ3) is 5.13. The van der Waals surface area contributed by atoms with Gasteiger partial charge in [-0.2, -0.15) is 0 Å². The Balaban J connectivity index is 1.28. The number of aromatic nitrogens is 1. The number of piperidine rings is 1. The number of quaternary nitrogens is 1. The highest BCUT2D eigenvalue weighted by molar-refractivity contribution is 7.92. The Labute approximate surface area is 206 Å². The topological polar surface area (TPSA) is 81.8 Å². The third-order valence-electron chi connectivity index (χ3n) is 7.25. The van der Waals surface area contributed by atoms with E-state index < -0.39 is 10.0 Å². The minimum Gasteiger partial charge on any atom is -0.497 e. The van der Waals surface area contributed by atoms with Crippen LogP contribution >= 0.6 is 0 Å². The van der Waals surface area contributed by atoms with Gasteiger partial charge in [0.05, 0.1) is 31.6 Å². The van der Waals surface area contributed by atoms with Gasteiger partial charge in [-0.3, -0.25) is 9.52 Å². The summed E-state index contributed by atoms with van der Waals surface area (Å²) in [5.41, 5.74) is 2.24. The number of aryl methyl sites for hydroxylation is 1. The van der Waals surface area contributed by atoms with Crippen LogP contribution in [0, 0.1) is 5.92 Å². The van der Waals surface area contributed by atoms with Crippen molar-refractivity contribution < 1.29 is 18.1 Å². The van der Waals surface area contributed by atoms with Gasteiger partial charge in [0.2, 0.25) is 0 Å². The highest BCUT2D eigenvalue weighted by atomic mass is 32.2. The number of rotatable bonds is 8. The SMILES string of the molecule is COc1ccc(S(=O)(=O)Nc2ccc3n(c2=O)C[C@H]2C[C@@H]3C[NH+](CCCc3ccccc3)C2)cc1. The van der Waals surface area contributed by atoms with Crippen molar-refractivity contribution in [3.05, 3.63) is 88.3 Å². The summed E-state index contributed by atoms with van der Waals surface area (Å²) in [5, 5.41) is 0. The van der Waals surface area contributed by atoms with Crippen LogP contribution in [0.3, 0.4) is 0 Å². The molecule has 1 fully saturated rings. The van der Waals surface area contributed by atoms with E-state index in [1.54, 1.807) is 27.7 Å². The fraction of sp³-hybridized carbons (Fsp3) is 0.370. The molecule has 0 spiro atoms. The number of benzene rings is 2. The van der Waals surface area contributed by atoms with Crippen molar-refractivity contribution >= 4 is 15.7 Å². The van der Waals surface area contributed by atoms with Crippen molar-refractivity contribution in [1.29, 1.82) is 0 Å². The molecule has 3 heterocycles. The number of nitrogens with one attached hydrogen (secondary N) is 2. The summed E-state index contributed by atoms with van der Waals surface area (Å²) in [7, 11) is -2.35. The van der Waals surface area contributed by atoms with E-state index in [4.69, 9.17) is 4.74 Å². The largest absolute Gasteiger partial charge is 0.497 e. The molecular weight excluding hydrogens is 462 g/mol. The summed E-state index contributed by atoms with van der Waals surface area (Å²) in [6.45, 7) is 3.84. The average molecular weight is 495 g/mol. The molecule has 5 rings (SSSR count). The first-order chi connectivity index (χ1) is 16.9. The van der Waals surface area contributed by atoms with Gasteiger partial charge in [-0.15, -0.1) is 0 Å². The Bertz CT molecular complexity index is 1340. The van der Waals surface area contributed by atoms with Crippen LogP contribution in [0.15, 0.2) is 76.4 Å². The quantitative estimate of drug-likeness (QED) is 0.504. The summed E-state index contributed by atoms with van der Waals surface area (Å²) in [4.78, 5) is 15.0. The molecule has 7 nitrogen and oxygen atoms in total. The van der Waals surface area contributed by atoms with E-state index in [-0.39, 0.29) is 16.1 Å². The molecule has 1 aromatic heterocycles. The van der Waals surface area contributed by atoms with Crippen LogP contribution in [0.1, 0.15) is 30.0 Å². The number of hydrogen-bond acceptors (Lipinski definition) is 4. The molecule has 2 aliphatic heterocycles. The van der Waals surface area contributed by atoms with Gasteiger partial charge in [-0.1, -0.05) is 30.3 Å². The second kappa shape index (κ2) is 9.87. The Morgan fingerprint density at radius 2 is 1.80 bits per heavy atom. The predicted octanol–water partition coefficient (Wildman–Crippen LogP) is 2.29. The van der Waals surface area contributed by atoms with Gasteiger partial charge in [0.15, 0.2) is 0 Å². The molecule has 0 aliphatic carbocycles. The number of fused-ring (bicyclic) bond motifs is 4. The van der Waals surface area contributed by atoms with Gasteiger partial charge < -0.3 is 14.2 Å². The molecule has 8 heteroatoms. The standard InChI is InChI=1S/C27H31N3O4S/c1-34-23-9-11-24(12-10-23)35(32,33)28-25-13-14-26-22-16-21(18-30(26)27(25)31)17-29(19-22)15-5-8-20-6-3-2-4-7-20/h2-4,6-7,9-14,21-22,28H,5,8,15-19H2,1H3/p+1/t21-,22+/m0/s1. The fourth-order valence-corrected chi connectivity index (χ4v) is 6.65. The molecule has 2 bridgehead atoms. The predicted molar refractivity (Wildman–Crippen MR) is 136 cm³/mol. The molecular formula is C27H32N3O4S+. The number of hydrogen-bond donors (Lipinski definition) is 2. The smallest absolute Gasteiger partial charge is 0.275 e. The number of methoxy groups -OCH3 is 1. The summed E-state index contributed by atoms with van der Waals surface area (Å²) in [6, 6.07) is 20.3. The Hall–Kier alpha value is -3.10. The molecule has 3 atom stereocenters. The molecule has 1 unspecified atom stereocenters. The number of ether oxygens (including phenoxy) is 1. The molecule has 2 N–H and O–H groups in total. The van der Waals surface area contributed by atoms with Gasteiger partial charge in [-0.05, 0) is 54.8 Å². The molecule has 184 valence electrons. The zero-order valence-corrected chi connectivity index (χ0v) is 20.8. The maximum Gasteiger partial charge on any atom is 0.275 e. The van der Waals surface area contributed by atoms with E-state index in [1.165, 1.54) is 24.8 Å². The minimum atomic E-state index is -3.87. The van der Waals surface area contributed by atoms with Crippen molar-refractivity contribution in [3.63, 3.8) is 0 Å². The first-order valence-electron chi connectivity index (χ1n) is 12.2. The lowest BCUT2D eigenvalue weighted by atomic mass is 9.83. The lowest BCUT2D eigenvalue weighted by Crippen LogP contribution is -3.14. The fourth-order valence-electron chi connectivity index (χ4n) is 5.60. The summed E-state index contributed by atoms with van der Waals surface area (Å²) in [5.74, 6) is 1.33. The molecule has 2 aliphatic rings. The van der Waals surface area contributed by atoms with Gasteiger partial charge in [0, 0.05) is 30.5 Å². The second-order valence-electron chi connectivity index (χ2n) is 9.66. The molecule has 0 amide bonds. The number of pyridine rings is 1. The van der Waals surface area contributed by atoms with Crippen LogP contribution in [-0.2, 0) is 23.0 Å². The van der Waals surface area contributed by atoms with Crippen LogP contribution in [-0.4, -0.2) is 39.7 Å². The average Bonchev–Trinajstić information content (AvgIpc) is 2.86. The molecule has 2 aromatic carbocycles. The van der Waals surface area contributed by atoms with E-state index in [2.05, 4.69) is 35.1 Å². The Morgan fingerprint density at radius 3 is 2.54 bits per heavy atom. The van der Waals surface area contributed by atoms with E-state index in [0.29, 0.717) is 24.1 Å². The monoisotopic (exact) mass is 494 g/mol. The van der Waals surface area contributed by atoms with E-state index >= 15 is 0 Å². The molecule has 1 saturated heterocycles. The zero-order chi connectivity index (χ0) is 24.4. The van der Waals surface area contributed by atoms with Crippen LogP contribution in [0.4, 0.5) is 5.69 Å². The van der Waals surface area contributed by atoms with Gasteiger partial charge in [-0.25, -0.2) is 8.42 Å². The minimum absolute atomic E-state index is 0.0898. The van der Waals surface area contributed by atoms with Crippen molar-refractivity contribution in [2.45, 2.75) is 36.6 Å². The summed E-state index contributed by atoms with van der Waals surface area (Å²) < 4.78 is 35.1. The van der Waals surface area contributed by atoms with Crippen LogP contribution < -0.4 is 19.9 Å². The first kappa shape index (κ1) is 23.6. The molecule has 0 saturated carbocycles. The number of nitrogens with zero attached hydrogens (tertiary/aromatic N) is 1. The molecule has 35 heavy (non-hydrogen) atoms. The lowest BCUT2D eigenvalue weighted by molar-refractivity contribution is -0.911. The maximum atomic E-state index is 13.3. The lowest BCUT2D eigenvalue weighted by Gasteiger charge is -2.40. The number of anilines is 1. The van der Waals surface area contributed by atoms with E-state index in [1.807, 2.05) is 6.07 Å². The molecule has 0 radical (unpaired) electrons. The summed E-state index contributed by atoms with van der Waals surface area (Å²) >= 11 is 0. The normalized spacial score (nSPS) is 21.2. The van der Waals surface area contributed by atoms with E-state index in [0.717, 1.165) is 44.6 Å². The highest BCUT2D eigenvalue weighted by Gasteiger charge is 2.37. The second-order valence-corrected chi connectivity index (χ2v) is 11.3. The van der Waals surface area contributed by atoms with Gasteiger partial charge >= 0.3 is 0 Å². The summed E-state index contributed by atoms with van der Waals surface area (Å²) in [6.07, 6.45) is 3.34. The Morgan fingerprint density at radius 1 is 1.03 bits per heavy atom. The highest BCUT2D eigenvalue weighted by Crippen LogP contribution is 2.31. The zero-order valence-electron chi connectivity index (χ0n) is 19.9. The van der Waals surface area contributed by atoms with Crippen molar-refractivity contribution in [1.82, 2.24) is 4.57 Å². The number of sulfonamides is 1. The van der Waals surface area contributed by atoms with Gasteiger partial charge in [0.25, 0.3) is 15.6 Å². The number of likely N-dealkylation sites (tertiary alicyclic amines) is 1. The van der Waals surface area contributed by atoms with Crippen molar-refractivity contribution in [2.75, 3.05) is 31.5 Å².